The van der Waals surface area contributed by atoms with Crippen LogP contribution in [0.2, 0.25) is 0 Å². The Morgan fingerprint density at radius 1 is 1.30 bits per heavy atom. The first kappa shape index (κ1) is 14.6. The highest BCUT2D eigenvalue weighted by atomic mass is 16.5. The summed E-state index contributed by atoms with van der Waals surface area (Å²) in [4.78, 5) is 16.5. The number of hydrogen-bond acceptors (Lipinski definition) is 3. The van der Waals surface area contributed by atoms with Gasteiger partial charge < -0.3 is 9.64 Å². The van der Waals surface area contributed by atoms with Gasteiger partial charge in [0.05, 0.1) is 0 Å². The molecule has 1 aromatic rings. The molecule has 1 aliphatic heterocycles. The quantitative estimate of drug-likeness (QED) is 0.767. The van der Waals surface area contributed by atoms with Crippen molar-refractivity contribution in [2.75, 3.05) is 32.7 Å². The summed E-state index contributed by atoms with van der Waals surface area (Å²) in [5.74, 6) is 0.797. The molecule has 0 spiro atoms. The van der Waals surface area contributed by atoms with E-state index in [1.165, 1.54) is 0 Å². The Kier molecular flexibility index (Phi) is 5.18. The molecular weight excluding hydrogens is 252 g/mol. The predicted molar refractivity (Wildman–Crippen MR) is 79.7 cm³/mol. The third kappa shape index (κ3) is 3.84. The monoisotopic (exact) mass is 274 g/mol. The second-order valence-corrected chi connectivity index (χ2v) is 4.99. The van der Waals surface area contributed by atoms with E-state index in [-0.39, 0.29) is 5.91 Å². The fourth-order valence-electron chi connectivity index (χ4n) is 2.34. The van der Waals surface area contributed by atoms with Crippen molar-refractivity contribution >= 4 is 5.91 Å². The summed E-state index contributed by atoms with van der Waals surface area (Å²) < 4.78 is 5.68. The minimum absolute atomic E-state index is 0.0621. The number of nitrogens with zero attached hydrogens (tertiary/aromatic N) is 2. The van der Waals surface area contributed by atoms with E-state index in [0.29, 0.717) is 0 Å². The van der Waals surface area contributed by atoms with E-state index in [0.717, 1.165) is 38.5 Å². The van der Waals surface area contributed by atoms with Gasteiger partial charge in [-0.3, -0.25) is 9.69 Å². The van der Waals surface area contributed by atoms with Gasteiger partial charge in [0.15, 0.2) is 6.10 Å². The van der Waals surface area contributed by atoms with Gasteiger partial charge in [0.1, 0.15) is 5.75 Å². The number of para-hydroxylation sites is 1. The molecule has 2 rings (SSSR count). The van der Waals surface area contributed by atoms with E-state index in [4.69, 9.17) is 4.74 Å². The highest BCUT2D eigenvalue weighted by molar-refractivity contribution is 5.81. The number of piperazine rings is 1. The SMILES string of the molecule is C=CCN1CCN(C(=O)[C@H](C)Oc2ccccc2)CC1. The van der Waals surface area contributed by atoms with Crippen LogP contribution >= 0.6 is 0 Å². The zero-order valence-corrected chi connectivity index (χ0v) is 12.0. The molecule has 0 radical (unpaired) electrons. The second kappa shape index (κ2) is 7.10. The van der Waals surface area contributed by atoms with Crippen molar-refractivity contribution < 1.29 is 9.53 Å². The molecule has 1 aliphatic rings. The highest BCUT2D eigenvalue weighted by Gasteiger charge is 2.25. The maximum atomic E-state index is 12.3. The lowest BCUT2D eigenvalue weighted by Gasteiger charge is -2.35. The summed E-state index contributed by atoms with van der Waals surface area (Å²) in [5.41, 5.74) is 0. The molecule has 1 amide bonds. The largest absolute Gasteiger partial charge is 0.481 e. The van der Waals surface area contributed by atoms with Crippen LogP contribution in [0.25, 0.3) is 0 Å². The molecule has 0 unspecified atom stereocenters. The second-order valence-electron chi connectivity index (χ2n) is 4.99. The first-order valence-corrected chi connectivity index (χ1v) is 7.04. The summed E-state index contributed by atoms with van der Waals surface area (Å²) in [5, 5.41) is 0. The van der Waals surface area contributed by atoms with Gasteiger partial charge in [-0.1, -0.05) is 24.3 Å². The minimum Gasteiger partial charge on any atom is -0.481 e. The standard InChI is InChI=1S/C16H22N2O2/c1-3-9-17-10-12-18(13-11-17)16(19)14(2)20-15-7-5-4-6-8-15/h3-8,14H,1,9-13H2,2H3/t14-/m0/s1. The molecule has 1 aromatic carbocycles. The molecule has 1 fully saturated rings. The van der Waals surface area contributed by atoms with Crippen LogP contribution in [-0.4, -0.2) is 54.5 Å². The van der Waals surface area contributed by atoms with Gasteiger partial charge in [0.25, 0.3) is 5.91 Å². The van der Waals surface area contributed by atoms with E-state index < -0.39 is 6.10 Å². The maximum absolute atomic E-state index is 12.3. The summed E-state index contributed by atoms with van der Waals surface area (Å²) in [6.45, 7) is 9.76. The lowest BCUT2D eigenvalue weighted by molar-refractivity contribution is -0.139. The van der Waals surface area contributed by atoms with Crippen LogP contribution in [0, 0.1) is 0 Å². The van der Waals surface area contributed by atoms with Crippen molar-refractivity contribution in [3.8, 4) is 5.75 Å². The molecule has 0 N–H and O–H groups in total. The molecule has 1 atom stereocenters. The van der Waals surface area contributed by atoms with Crippen molar-refractivity contribution in [1.82, 2.24) is 9.80 Å². The van der Waals surface area contributed by atoms with Crippen LogP contribution in [0.15, 0.2) is 43.0 Å². The molecule has 1 heterocycles. The molecule has 1 saturated heterocycles. The lowest BCUT2D eigenvalue weighted by atomic mass is 10.2. The highest BCUT2D eigenvalue weighted by Crippen LogP contribution is 2.13. The fraction of sp³-hybridized carbons (Fsp3) is 0.438. The Morgan fingerprint density at radius 2 is 1.95 bits per heavy atom. The van der Waals surface area contributed by atoms with Gasteiger partial charge in [-0.15, -0.1) is 6.58 Å². The van der Waals surface area contributed by atoms with Crippen LogP contribution in [0.3, 0.4) is 0 Å². The first-order chi connectivity index (χ1) is 9.70. The number of ether oxygens (including phenoxy) is 1. The third-order valence-electron chi connectivity index (χ3n) is 3.48. The Labute approximate surface area is 120 Å². The molecular formula is C16H22N2O2. The number of amides is 1. The average molecular weight is 274 g/mol. The Morgan fingerprint density at radius 3 is 2.55 bits per heavy atom. The van der Waals surface area contributed by atoms with E-state index >= 15 is 0 Å². The summed E-state index contributed by atoms with van der Waals surface area (Å²) in [6.07, 6.45) is 1.46. The van der Waals surface area contributed by atoms with E-state index in [1.807, 2.05) is 48.2 Å². The number of hydrogen-bond donors (Lipinski definition) is 0. The predicted octanol–water partition coefficient (Wildman–Crippen LogP) is 1.78. The van der Waals surface area contributed by atoms with Crippen molar-refractivity contribution in [3.05, 3.63) is 43.0 Å². The molecule has 0 aliphatic carbocycles. The first-order valence-electron chi connectivity index (χ1n) is 7.04. The van der Waals surface area contributed by atoms with Gasteiger partial charge in [-0.25, -0.2) is 0 Å². The summed E-state index contributed by atoms with van der Waals surface area (Å²) in [7, 11) is 0. The Hall–Kier alpha value is -1.81. The van der Waals surface area contributed by atoms with E-state index in [1.54, 1.807) is 0 Å². The van der Waals surface area contributed by atoms with Gasteiger partial charge in [-0.05, 0) is 19.1 Å². The van der Waals surface area contributed by atoms with Gasteiger partial charge in [0.2, 0.25) is 0 Å². The van der Waals surface area contributed by atoms with Gasteiger partial charge in [0, 0.05) is 32.7 Å². The Bertz CT molecular complexity index is 439. The van der Waals surface area contributed by atoms with Crippen molar-refractivity contribution in [3.63, 3.8) is 0 Å². The van der Waals surface area contributed by atoms with Crippen molar-refractivity contribution in [1.29, 1.82) is 0 Å². The van der Waals surface area contributed by atoms with Crippen LogP contribution in [0.1, 0.15) is 6.92 Å². The fourth-order valence-corrected chi connectivity index (χ4v) is 2.34. The van der Waals surface area contributed by atoms with Crippen LogP contribution in [0.4, 0.5) is 0 Å². The van der Waals surface area contributed by atoms with Gasteiger partial charge in [-0.2, -0.15) is 0 Å². The number of carbonyl (C=O) groups is 1. The molecule has 20 heavy (non-hydrogen) atoms. The average Bonchev–Trinajstić information content (AvgIpc) is 2.48. The van der Waals surface area contributed by atoms with Crippen LogP contribution in [0.5, 0.6) is 5.75 Å². The third-order valence-corrected chi connectivity index (χ3v) is 3.48. The molecule has 108 valence electrons. The number of benzene rings is 1. The zero-order chi connectivity index (χ0) is 14.4. The molecule has 4 heteroatoms. The zero-order valence-electron chi connectivity index (χ0n) is 12.0. The molecule has 4 nitrogen and oxygen atoms in total. The number of rotatable bonds is 5. The lowest BCUT2D eigenvalue weighted by Crippen LogP contribution is -2.51. The smallest absolute Gasteiger partial charge is 0.263 e. The van der Waals surface area contributed by atoms with E-state index in [2.05, 4.69) is 11.5 Å². The van der Waals surface area contributed by atoms with Crippen LogP contribution in [-0.2, 0) is 4.79 Å². The Balaban J connectivity index is 1.84. The summed E-state index contributed by atoms with van der Waals surface area (Å²) in [6, 6.07) is 9.47. The molecule has 0 bridgehead atoms. The van der Waals surface area contributed by atoms with Crippen molar-refractivity contribution in [2.24, 2.45) is 0 Å². The molecule has 0 saturated carbocycles. The van der Waals surface area contributed by atoms with Crippen molar-refractivity contribution in [2.45, 2.75) is 13.0 Å². The topological polar surface area (TPSA) is 32.8 Å². The van der Waals surface area contributed by atoms with E-state index in [9.17, 15) is 4.79 Å². The molecule has 0 aromatic heterocycles. The van der Waals surface area contributed by atoms with Crippen LogP contribution < -0.4 is 4.74 Å². The normalized spacial score (nSPS) is 17.6. The number of carbonyl (C=O) groups excluding carboxylic acids is 1. The summed E-state index contributed by atoms with van der Waals surface area (Å²) >= 11 is 0. The minimum atomic E-state index is -0.441. The van der Waals surface area contributed by atoms with Gasteiger partial charge >= 0.3 is 0 Å². The maximum Gasteiger partial charge on any atom is 0.263 e.